The highest BCUT2D eigenvalue weighted by atomic mass is 31.2. The fourth-order valence-electron chi connectivity index (χ4n) is 10.4. The van der Waals surface area contributed by atoms with Crippen LogP contribution in [0.3, 0.4) is 0 Å². The summed E-state index contributed by atoms with van der Waals surface area (Å²) in [7, 11) is 1.51. The number of ether oxygens (including phenoxy) is 2. The van der Waals surface area contributed by atoms with E-state index in [1.807, 2.05) is 21.1 Å². The van der Waals surface area contributed by atoms with E-state index in [-0.39, 0.29) is 25.6 Å². The Morgan fingerprint density at radius 3 is 0.842 bits per heavy atom. The average molecular weight is 1100 g/mol. The number of carbonyl (C=O) groups is 2. The molecule has 0 aromatic carbocycles. The topological polar surface area (TPSA) is 108 Å². The van der Waals surface area contributed by atoms with E-state index in [1.54, 1.807) is 0 Å². The van der Waals surface area contributed by atoms with Crippen LogP contribution in [0.25, 0.3) is 0 Å². The number of phosphoric acid groups is 1. The number of carbonyl (C=O) groups excluding carboxylic acids is 2. The summed E-state index contributed by atoms with van der Waals surface area (Å²) in [6.45, 7) is 4.53. The number of esters is 2. The molecule has 0 saturated carbocycles. The Labute approximate surface area is 474 Å². The molecule has 0 heterocycles. The standard InChI is InChI=1S/C66H132NO8P/c1-6-8-10-12-14-16-18-20-22-24-26-28-30-32-33-35-37-39-41-43-45-47-49-51-53-55-57-59-66(69)75-64(63-74-76(70,71)73-61-60-67(3,4)5)62-72-65(68)58-56-54-52-50-48-46-44-42-40-38-36-34-31-29-27-25-23-21-19-17-15-13-11-9-7-2/h64H,6-63H2,1-5H3/p+1. The highest BCUT2D eigenvalue weighted by Gasteiger charge is 2.27. The summed E-state index contributed by atoms with van der Waals surface area (Å²) in [6.07, 6.45) is 69.2. The molecule has 0 aromatic heterocycles. The number of likely N-dealkylation sites (N-methyl/N-ethyl adjacent to an activating group) is 1. The van der Waals surface area contributed by atoms with E-state index in [0.29, 0.717) is 17.4 Å². The second-order valence-corrected chi connectivity index (χ2v) is 26.0. The van der Waals surface area contributed by atoms with Crippen LogP contribution >= 0.6 is 7.82 Å². The van der Waals surface area contributed by atoms with Crippen molar-refractivity contribution in [2.24, 2.45) is 0 Å². The van der Waals surface area contributed by atoms with Gasteiger partial charge in [-0.05, 0) is 12.8 Å². The van der Waals surface area contributed by atoms with E-state index in [9.17, 15) is 19.0 Å². The Morgan fingerprint density at radius 1 is 0.355 bits per heavy atom. The van der Waals surface area contributed by atoms with Gasteiger partial charge < -0.3 is 18.9 Å². The van der Waals surface area contributed by atoms with Gasteiger partial charge >= 0.3 is 19.8 Å². The molecule has 0 radical (unpaired) electrons. The number of unbranched alkanes of at least 4 members (excludes halogenated alkanes) is 50. The van der Waals surface area contributed by atoms with Crippen molar-refractivity contribution in [3.05, 3.63) is 0 Å². The minimum atomic E-state index is -4.38. The summed E-state index contributed by atoms with van der Waals surface area (Å²) in [6, 6.07) is 0. The molecular weight excluding hydrogens is 966 g/mol. The van der Waals surface area contributed by atoms with E-state index in [1.165, 1.54) is 295 Å². The summed E-state index contributed by atoms with van der Waals surface area (Å²) in [5.74, 6) is -0.768. The molecule has 2 atom stereocenters. The van der Waals surface area contributed by atoms with Crippen molar-refractivity contribution < 1.29 is 42.1 Å². The molecule has 0 aromatic rings. The molecule has 0 aliphatic carbocycles. The molecule has 454 valence electrons. The number of hydrogen-bond donors (Lipinski definition) is 1. The monoisotopic (exact) mass is 1100 g/mol. The largest absolute Gasteiger partial charge is 0.472 e. The molecule has 0 rings (SSSR count). The molecule has 0 saturated heterocycles. The molecule has 0 aliphatic rings. The zero-order valence-electron chi connectivity index (χ0n) is 51.8. The zero-order valence-corrected chi connectivity index (χ0v) is 52.7. The van der Waals surface area contributed by atoms with E-state index >= 15 is 0 Å². The van der Waals surface area contributed by atoms with Gasteiger partial charge in [0.25, 0.3) is 0 Å². The molecule has 2 unspecified atom stereocenters. The third kappa shape index (κ3) is 62.2. The summed E-state index contributed by atoms with van der Waals surface area (Å²) in [5, 5.41) is 0. The lowest BCUT2D eigenvalue weighted by Gasteiger charge is -2.24. The maximum absolute atomic E-state index is 12.9. The molecule has 9 nitrogen and oxygen atoms in total. The Balaban J connectivity index is 4.00. The van der Waals surface area contributed by atoms with E-state index in [0.717, 1.165) is 38.5 Å². The van der Waals surface area contributed by atoms with Gasteiger partial charge in [-0.15, -0.1) is 0 Å². The van der Waals surface area contributed by atoms with Gasteiger partial charge in [0.2, 0.25) is 0 Å². The Morgan fingerprint density at radius 2 is 0.592 bits per heavy atom. The molecular formula is C66H133NO8P+. The first kappa shape index (κ1) is 75.0. The second-order valence-electron chi connectivity index (χ2n) is 24.6. The molecule has 0 spiro atoms. The molecule has 0 fully saturated rings. The lowest BCUT2D eigenvalue weighted by molar-refractivity contribution is -0.870. The predicted octanol–water partition coefficient (Wildman–Crippen LogP) is 21.4. The lowest BCUT2D eigenvalue weighted by atomic mass is 10.0. The first-order valence-corrected chi connectivity index (χ1v) is 35.3. The van der Waals surface area contributed by atoms with Crippen LogP contribution in [0.1, 0.15) is 361 Å². The van der Waals surface area contributed by atoms with Gasteiger partial charge in [0.15, 0.2) is 6.10 Å². The van der Waals surface area contributed by atoms with Crippen molar-refractivity contribution in [1.29, 1.82) is 0 Å². The molecule has 1 N–H and O–H groups in total. The molecule has 10 heteroatoms. The molecule has 0 aliphatic heterocycles. The van der Waals surface area contributed by atoms with Crippen molar-refractivity contribution in [3.8, 4) is 0 Å². The third-order valence-electron chi connectivity index (χ3n) is 15.6. The molecule has 0 bridgehead atoms. The van der Waals surface area contributed by atoms with Crippen LogP contribution in [0.5, 0.6) is 0 Å². The Bertz CT molecular complexity index is 1240. The highest BCUT2D eigenvalue weighted by molar-refractivity contribution is 7.47. The first-order valence-electron chi connectivity index (χ1n) is 33.8. The van der Waals surface area contributed by atoms with E-state index < -0.39 is 26.5 Å². The van der Waals surface area contributed by atoms with Gasteiger partial charge in [-0.2, -0.15) is 0 Å². The molecule has 0 amide bonds. The van der Waals surface area contributed by atoms with Crippen LogP contribution in [0.15, 0.2) is 0 Å². The van der Waals surface area contributed by atoms with Crippen molar-refractivity contribution >= 4 is 19.8 Å². The fraction of sp³-hybridized carbons (Fsp3) is 0.970. The van der Waals surface area contributed by atoms with Crippen LogP contribution in [0.2, 0.25) is 0 Å². The number of phosphoric ester groups is 1. The van der Waals surface area contributed by atoms with Crippen molar-refractivity contribution in [3.63, 3.8) is 0 Å². The van der Waals surface area contributed by atoms with Gasteiger partial charge in [-0.1, -0.05) is 335 Å². The fourth-order valence-corrected chi connectivity index (χ4v) is 11.2. The summed E-state index contributed by atoms with van der Waals surface area (Å²) < 4.78 is 34.7. The first-order chi connectivity index (χ1) is 37.0. The maximum Gasteiger partial charge on any atom is 0.472 e. The van der Waals surface area contributed by atoms with Gasteiger partial charge in [-0.3, -0.25) is 18.6 Å². The van der Waals surface area contributed by atoms with Gasteiger partial charge in [0.1, 0.15) is 19.8 Å². The number of quaternary nitrogens is 1. The lowest BCUT2D eigenvalue weighted by Crippen LogP contribution is -2.37. The van der Waals surface area contributed by atoms with Crippen LogP contribution in [0, 0.1) is 0 Å². The predicted molar refractivity (Wildman–Crippen MR) is 326 cm³/mol. The Hall–Kier alpha value is -0.990. The average Bonchev–Trinajstić information content (AvgIpc) is 3.38. The maximum atomic E-state index is 12.9. The quantitative estimate of drug-likeness (QED) is 0.0278. The third-order valence-corrected chi connectivity index (χ3v) is 16.6. The Kier molecular flexibility index (Phi) is 57.9. The summed E-state index contributed by atoms with van der Waals surface area (Å²) in [5.41, 5.74) is 0. The van der Waals surface area contributed by atoms with Crippen molar-refractivity contribution in [1.82, 2.24) is 0 Å². The van der Waals surface area contributed by atoms with Crippen molar-refractivity contribution in [2.75, 3.05) is 47.5 Å². The van der Waals surface area contributed by atoms with E-state index in [4.69, 9.17) is 18.5 Å². The summed E-state index contributed by atoms with van der Waals surface area (Å²) in [4.78, 5) is 35.8. The van der Waals surface area contributed by atoms with Crippen LogP contribution in [-0.4, -0.2) is 74.9 Å². The number of hydrogen-bond acceptors (Lipinski definition) is 7. The molecule has 76 heavy (non-hydrogen) atoms. The van der Waals surface area contributed by atoms with E-state index in [2.05, 4.69) is 13.8 Å². The minimum Gasteiger partial charge on any atom is -0.462 e. The summed E-state index contributed by atoms with van der Waals surface area (Å²) >= 11 is 0. The highest BCUT2D eigenvalue weighted by Crippen LogP contribution is 2.43. The second kappa shape index (κ2) is 58.7. The number of rotatable bonds is 64. The van der Waals surface area contributed by atoms with Crippen LogP contribution in [-0.2, 0) is 32.7 Å². The van der Waals surface area contributed by atoms with Gasteiger partial charge in [0, 0.05) is 12.8 Å². The normalized spacial score (nSPS) is 13.1. The van der Waals surface area contributed by atoms with Crippen molar-refractivity contribution in [2.45, 2.75) is 367 Å². The SMILES string of the molecule is CCCCCCCCCCCCCCCCCCCCCCCCCCCCCC(=O)OC(COC(=O)CCCCCCCCCCCCCCCCCCCCCCCCCCC)COP(=O)(O)OCC[N+](C)(C)C. The minimum absolute atomic E-state index is 0.0377. The smallest absolute Gasteiger partial charge is 0.462 e. The van der Waals surface area contributed by atoms with Crippen LogP contribution < -0.4 is 0 Å². The zero-order chi connectivity index (χ0) is 55.6. The van der Waals surface area contributed by atoms with Gasteiger partial charge in [-0.25, -0.2) is 4.57 Å². The number of nitrogens with zero attached hydrogens (tertiary/aromatic N) is 1. The van der Waals surface area contributed by atoms with Crippen LogP contribution in [0.4, 0.5) is 0 Å². The van der Waals surface area contributed by atoms with Gasteiger partial charge in [0.05, 0.1) is 27.7 Å².